The summed E-state index contributed by atoms with van der Waals surface area (Å²) in [5.41, 5.74) is 0. The molecule has 0 aliphatic heterocycles. The quantitative estimate of drug-likeness (QED) is 0.729. The van der Waals surface area contributed by atoms with Gasteiger partial charge in [0.05, 0.1) is 5.92 Å². The first kappa shape index (κ1) is 16.5. The standard InChI is InChI=1S/C15H26N2O3S/c1-21-15(8-3-2-4-9-15)10-16-14(20)17-12-7-5-6-11(12)13(18)19/h11-12H,2-10H2,1H3,(H,18,19)(H2,16,17,20). The van der Waals surface area contributed by atoms with Gasteiger partial charge in [0, 0.05) is 17.3 Å². The van der Waals surface area contributed by atoms with Crippen LogP contribution >= 0.6 is 11.8 Å². The van der Waals surface area contributed by atoms with E-state index in [9.17, 15) is 9.59 Å². The number of urea groups is 1. The summed E-state index contributed by atoms with van der Waals surface area (Å²) < 4.78 is 0.164. The lowest BCUT2D eigenvalue weighted by molar-refractivity contribution is -0.142. The van der Waals surface area contributed by atoms with E-state index in [1.807, 2.05) is 11.8 Å². The number of aliphatic carboxylic acids is 1. The number of nitrogens with one attached hydrogen (secondary N) is 2. The Morgan fingerprint density at radius 1 is 1.19 bits per heavy atom. The number of carboxylic acids is 1. The minimum Gasteiger partial charge on any atom is -0.481 e. The fraction of sp³-hybridized carbons (Fsp3) is 0.867. The average molecular weight is 314 g/mol. The van der Waals surface area contributed by atoms with E-state index in [2.05, 4.69) is 16.9 Å². The van der Waals surface area contributed by atoms with Crippen LogP contribution in [-0.4, -0.2) is 40.7 Å². The van der Waals surface area contributed by atoms with Gasteiger partial charge in [-0.3, -0.25) is 4.79 Å². The van der Waals surface area contributed by atoms with Crippen molar-refractivity contribution in [3.05, 3.63) is 0 Å². The summed E-state index contributed by atoms with van der Waals surface area (Å²) in [6.07, 6.45) is 10.5. The summed E-state index contributed by atoms with van der Waals surface area (Å²) in [6, 6.07) is -0.439. The van der Waals surface area contributed by atoms with Gasteiger partial charge in [-0.05, 0) is 31.9 Å². The lowest BCUT2D eigenvalue weighted by atomic mass is 9.88. The van der Waals surface area contributed by atoms with Gasteiger partial charge >= 0.3 is 12.0 Å². The van der Waals surface area contributed by atoms with E-state index in [-0.39, 0.29) is 16.8 Å². The Balaban J connectivity index is 1.80. The Morgan fingerprint density at radius 3 is 2.52 bits per heavy atom. The van der Waals surface area contributed by atoms with Crippen molar-refractivity contribution in [2.24, 2.45) is 5.92 Å². The molecule has 0 heterocycles. The van der Waals surface area contributed by atoms with Crippen molar-refractivity contribution >= 4 is 23.8 Å². The first-order valence-electron chi connectivity index (χ1n) is 7.89. The van der Waals surface area contributed by atoms with Crippen LogP contribution in [0.1, 0.15) is 51.4 Å². The fourth-order valence-corrected chi connectivity index (χ4v) is 4.45. The molecule has 2 aliphatic rings. The van der Waals surface area contributed by atoms with Gasteiger partial charge in [-0.15, -0.1) is 0 Å². The van der Waals surface area contributed by atoms with Crippen LogP contribution in [0.25, 0.3) is 0 Å². The van der Waals surface area contributed by atoms with Crippen molar-refractivity contribution in [1.29, 1.82) is 0 Å². The molecule has 6 heteroatoms. The molecule has 2 saturated carbocycles. The minimum absolute atomic E-state index is 0.164. The molecule has 0 saturated heterocycles. The second-order valence-electron chi connectivity index (χ2n) is 6.26. The second-order valence-corrected chi connectivity index (χ2v) is 7.53. The first-order valence-corrected chi connectivity index (χ1v) is 9.11. The Morgan fingerprint density at radius 2 is 1.90 bits per heavy atom. The molecule has 2 rings (SSSR count). The van der Waals surface area contributed by atoms with Crippen molar-refractivity contribution in [3.8, 4) is 0 Å². The zero-order valence-electron chi connectivity index (χ0n) is 12.7. The van der Waals surface area contributed by atoms with Gasteiger partial charge in [0.25, 0.3) is 0 Å². The molecule has 0 aromatic heterocycles. The second kappa shape index (κ2) is 7.38. The maximum atomic E-state index is 12.0. The van der Waals surface area contributed by atoms with Gasteiger partial charge in [0.15, 0.2) is 0 Å². The van der Waals surface area contributed by atoms with Crippen molar-refractivity contribution < 1.29 is 14.7 Å². The lowest BCUT2D eigenvalue weighted by Crippen LogP contribution is -2.49. The van der Waals surface area contributed by atoms with E-state index in [1.54, 1.807) is 0 Å². The van der Waals surface area contributed by atoms with E-state index >= 15 is 0 Å². The summed E-state index contributed by atoms with van der Waals surface area (Å²) in [7, 11) is 0. The normalized spacial score (nSPS) is 28.0. The summed E-state index contributed by atoms with van der Waals surface area (Å²) in [6.45, 7) is 0.671. The number of carboxylic acid groups (broad SMARTS) is 1. The monoisotopic (exact) mass is 314 g/mol. The van der Waals surface area contributed by atoms with Crippen LogP contribution in [0.2, 0.25) is 0 Å². The summed E-state index contributed by atoms with van der Waals surface area (Å²) in [4.78, 5) is 23.2. The number of rotatable bonds is 5. The van der Waals surface area contributed by atoms with Crippen molar-refractivity contribution in [3.63, 3.8) is 0 Å². The van der Waals surface area contributed by atoms with E-state index in [0.717, 1.165) is 25.7 Å². The van der Waals surface area contributed by atoms with Crippen LogP contribution in [0.5, 0.6) is 0 Å². The van der Waals surface area contributed by atoms with Crippen molar-refractivity contribution in [2.45, 2.75) is 62.2 Å². The van der Waals surface area contributed by atoms with Gasteiger partial charge < -0.3 is 15.7 Å². The van der Waals surface area contributed by atoms with Gasteiger partial charge in [0.2, 0.25) is 0 Å². The molecule has 2 atom stereocenters. The zero-order chi connectivity index (χ0) is 15.3. The molecule has 120 valence electrons. The highest BCUT2D eigenvalue weighted by atomic mass is 32.2. The largest absolute Gasteiger partial charge is 0.481 e. The molecule has 0 spiro atoms. The van der Waals surface area contributed by atoms with Crippen molar-refractivity contribution in [1.82, 2.24) is 10.6 Å². The smallest absolute Gasteiger partial charge is 0.315 e. The molecule has 0 radical (unpaired) electrons. The number of hydrogen-bond acceptors (Lipinski definition) is 3. The average Bonchev–Trinajstić information content (AvgIpc) is 2.94. The summed E-state index contributed by atoms with van der Waals surface area (Å²) in [5.74, 6) is -1.23. The minimum atomic E-state index is -0.800. The van der Waals surface area contributed by atoms with E-state index < -0.39 is 11.9 Å². The highest BCUT2D eigenvalue weighted by Gasteiger charge is 2.35. The van der Waals surface area contributed by atoms with Crippen molar-refractivity contribution in [2.75, 3.05) is 12.8 Å². The molecular formula is C15H26N2O3S. The molecular weight excluding hydrogens is 288 g/mol. The first-order chi connectivity index (χ1) is 10.1. The Kier molecular flexibility index (Phi) is 5.79. The number of thioether (sulfide) groups is 1. The predicted molar refractivity (Wildman–Crippen MR) is 84.6 cm³/mol. The van der Waals surface area contributed by atoms with Crippen LogP contribution in [0.3, 0.4) is 0 Å². The maximum absolute atomic E-state index is 12.0. The number of hydrogen-bond donors (Lipinski definition) is 3. The molecule has 2 amide bonds. The maximum Gasteiger partial charge on any atom is 0.315 e. The van der Waals surface area contributed by atoms with Crippen LogP contribution in [0.15, 0.2) is 0 Å². The third kappa shape index (κ3) is 4.28. The van der Waals surface area contributed by atoms with Gasteiger partial charge in [-0.1, -0.05) is 25.7 Å². The predicted octanol–water partition coefficient (Wildman–Crippen LogP) is 2.60. The molecule has 21 heavy (non-hydrogen) atoms. The third-order valence-corrected chi connectivity index (χ3v) is 6.34. The summed E-state index contributed by atoms with van der Waals surface area (Å²) in [5, 5.41) is 15.0. The van der Waals surface area contributed by atoms with Gasteiger partial charge in [-0.2, -0.15) is 11.8 Å². The number of amides is 2. The van der Waals surface area contributed by atoms with Crippen LogP contribution in [0, 0.1) is 5.92 Å². The third-order valence-electron chi connectivity index (χ3n) is 4.92. The Bertz CT molecular complexity index is 383. The molecule has 2 aliphatic carbocycles. The molecule has 2 fully saturated rings. The molecule has 0 aromatic carbocycles. The Labute approximate surface area is 130 Å². The van der Waals surface area contributed by atoms with E-state index in [0.29, 0.717) is 13.0 Å². The molecule has 5 nitrogen and oxygen atoms in total. The molecule has 0 bridgehead atoms. The van der Waals surface area contributed by atoms with Crippen LogP contribution < -0.4 is 10.6 Å². The number of carbonyl (C=O) groups excluding carboxylic acids is 1. The lowest BCUT2D eigenvalue weighted by Gasteiger charge is -2.36. The molecule has 2 unspecified atom stereocenters. The molecule has 3 N–H and O–H groups in total. The summed E-state index contributed by atoms with van der Waals surface area (Å²) >= 11 is 1.85. The fourth-order valence-electron chi connectivity index (χ4n) is 3.54. The van der Waals surface area contributed by atoms with Crippen LogP contribution in [0.4, 0.5) is 4.79 Å². The highest BCUT2D eigenvalue weighted by Crippen LogP contribution is 2.37. The van der Waals surface area contributed by atoms with Gasteiger partial charge in [-0.25, -0.2) is 4.79 Å². The SMILES string of the molecule is CSC1(CNC(=O)NC2CCCC2C(=O)O)CCCCC1. The van der Waals surface area contributed by atoms with E-state index in [4.69, 9.17) is 5.11 Å². The molecule has 0 aromatic rings. The number of carbonyl (C=O) groups is 2. The van der Waals surface area contributed by atoms with Gasteiger partial charge in [0.1, 0.15) is 0 Å². The zero-order valence-corrected chi connectivity index (χ0v) is 13.5. The van der Waals surface area contributed by atoms with Crippen LogP contribution in [-0.2, 0) is 4.79 Å². The van der Waals surface area contributed by atoms with E-state index in [1.165, 1.54) is 19.3 Å². The highest BCUT2D eigenvalue weighted by molar-refractivity contribution is 8.00. The Hall–Kier alpha value is -0.910. The topological polar surface area (TPSA) is 78.4 Å².